The lowest BCUT2D eigenvalue weighted by atomic mass is 10.0. The molecule has 0 saturated carbocycles. The number of aliphatic imine (C=N–C) groups is 1. The molecule has 1 N–H and O–H groups in total. The van der Waals surface area contributed by atoms with E-state index in [1.807, 2.05) is 0 Å². The minimum Gasteiger partial charge on any atom is -0.867 e. The Morgan fingerprint density at radius 1 is 1.30 bits per heavy atom. The summed E-state index contributed by atoms with van der Waals surface area (Å²) in [5.41, 5.74) is -0.114. The second-order valence-corrected chi connectivity index (χ2v) is 3.67. The molecule has 0 saturated heterocycles. The quantitative estimate of drug-likeness (QED) is 0.362. The Labute approximate surface area is 116 Å². The number of carboxylic acid groups (broad SMARTS) is 1. The van der Waals surface area contributed by atoms with Crippen molar-refractivity contribution >= 4 is 17.7 Å². The average molecular weight is 276 g/mol. The van der Waals surface area contributed by atoms with E-state index in [0.29, 0.717) is 5.56 Å². The number of carbonyl (C=O) groups excluding carboxylic acids is 1. The number of rotatable bonds is 5. The van der Waals surface area contributed by atoms with E-state index in [9.17, 15) is 14.7 Å². The molecule has 1 aromatic carbocycles. The van der Waals surface area contributed by atoms with E-state index in [-0.39, 0.29) is 12.3 Å². The molecule has 0 aliphatic rings. The van der Waals surface area contributed by atoms with Crippen molar-refractivity contribution in [1.82, 2.24) is 0 Å². The largest absolute Gasteiger partial charge is 0.867 e. The van der Waals surface area contributed by atoms with Gasteiger partial charge in [0.05, 0.1) is 17.9 Å². The monoisotopic (exact) mass is 276 g/mol. The third-order valence-corrected chi connectivity index (χ3v) is 2.41. The van der Waals surface area contributed by atoms with Gasteiger partial charge in [-0.1, -0.05) is 30.3 Å². The maximum absolute atomic E-state index is 11.8. The van der Waals surface area contributed by atoms with Crippen molar-refractivity contribution in [2.24, 2.45) is 4.99 Å². The third-order valence-electron chi connectivity index (χ3n) is 2.41. The summed E-state index contributed by atoms with van der Waals surface area (Å²) >= 11 is 0. The molecule has 0 amide bonds. The highest BCUT2D eigenvalue weighted by Crippen LogP contribution is 2.14. The number of esters is 1. The first kappa shape index (κ1) is 15.4. The minimum atomic E-state index is -1.73. The first-order valence-corrected chi connectivity index (χ1v) is 5.87. The molecule has 6 nitrogen and oxygen atoms in total. The first-order valence-electron chi connectivity index (χ1n) is 5.87. The molecule has 106 valence electrons. The molecule has 0 atom stereocenters. The van der Waals surface area contributed by atoms with Crippen LogP contribution >= 0.6 is 0 Å². The molecular formula is C14H14NO5-. The van der Waals surface area contributed by atoms with Gasteiger partial charge in [0.2, 0.25) is 0 Å². The number of hydrogen-bond acceptors (Lipinski definition) is 5. The van der Waals surface area contributed by atoms with Gasteiger partial charge in [-0.25, -0.2) is 9.59 Å². The average Bonchev–Trinajstić information content (AvgIpc) is 2.44. The van der Waals surface area contributed by atoms with Gasteiger partial charge >= 0.3 is 11.9 Å². The second-order valence-electron chi connectivity index (χ2n) is 3.67. The Morgan fingerprint density at radius 2 is 1.90 bits per heavy atom. The van der Waals surface area contributed by atoms with Crippen molar-refractivity contribution in [2.75, 3.05) is 13.7 Å². The summed E-state index contributed by atoms with van der Waals surface area (Å²) in [7, 11) is 1.37. The van der Waals surface area contributed by atoms with Crippen LogP contribution in [0.3, 0.4) is 0 Å². The van der Waals surface area contributed by atoms with Gasteiger partial charge < -0.3 is 14.9 Å². The maximum Gasteiger partial charge on any atom is 0.339 e. The Morgan fingerprint density at radius 3 is 2.35 bits per heavy atom. The predicted octanol–water partition coefficient (Wildman–Crippen LogP) is 0.368. The number of carbonyl (C=O) groups is 2. The fraction of sp³-hybridized carbons (Fsp3) is 0.214. The lowest BCUT2D eigenvalue weighted by Gasteiger charge is -2.16. The van der Waals surface area contributed by atoms with E-state index in [1.165, 1.54) is 7.05 Å². The van der Waals surface area contributed by atoms with E-state index < -0.39 is 23.3 Å². The molecule has 1 aromatic rings. The van der Waals surface area contributed by atoms with E-state index in [4.69, 9.17) is 9.84 Å². The summed E-state index contributed by atoms with van der Waals surface area (Å²) in [4.78, 5) is 26.6. The van der Waals surface area contributed by atoms with Crippen LogP contribution < -0.4 is 5.11 Å². The zero-order chi connectivity index (χ0) is 15.1. The fourth-order valence-corrected chi connectivity index (χ4v) is 1.59. The van der Waals surface area contributed by atoms with Crippen molar-refractivity contribution < 1.29 is 24.5 Å². The highest BCUT2D eigenvalue weighted by atomic mass is 16.5. The normalized spacial score (nSPS) is 12.6. The van der Waals surface area contributed by atoms with Gasteiger partial charge in [-0.3, -0.25) is 4.99 Å². The van der Waals surface area contributed by atoms with Crippen LogP contribution in [0.25, 0.3) is 0 Å². The molecule has 0 unspecified atom stereocenters. The molecule has 0 spiro atoms. The summed E-state index contributed by atoms with van der Waals surface area (Å²) in [6.07, 6.45) is 0. The van der Waals surface area contributed by atoms with E-state index in [1.54, 1.807) is 37.3 Å². The van der Waals surface area contributed by atoms with Crippen molar-refractivity contribution in [3.63, 3.8) is 0 Å². The van der Waals surface area contributed by atoms with E-state index in [0.717, 1.165) is 0 Å². The van der Waals surface area contributed by atoms with Gasteiger partial charge in [0.15, 0.2) is 0 Å². The highest BCUT2D eigenvalue weighted by molar-refractivity contribution is 6.28. The molecule has 0 bridgehead atoms. The SMILES string of the molecule is CCOC(=O)/C(C(=NC)c1ccccc1)=C(\[O-])C(=O)O. The van der Waals surface area contributed by atoms with Gasteiger partial charge in [-0.05, 0) is 12.7 Å². The first-order chi connectivity index (χ1) is 9.52. The van der Waals surface area contributed by atoms with Gasteiger partial charge in [-0.15, -0.1) is 0 Å². The molecule has 0 radical (unpaired) electrons. The topological polar surface area (TPSA) is 99.0 Å². The van der Waals surface area contributed by atoms with Crippen molar-refractivity contribution in [3.05, 3.63) is 47.2 Å². The molecular weight excluding hydrogens is 262 g/mol. The summed E-state index contributed by atoms with van der Waals surface area (Å²) in [5.74, 6) is -4.07. The molecule has 0 aliphatic heterocycles. The highest BCUT2D eigenvalue weighted by Gasteiger charge is 2.22. The van der Waals surface area contributed by atoms with Crippen LogP contribution in [0.5, 0.6) is 0 Å². The lowest BCUT2D eigenvalue weighted by Crippen LogP contribution is -2.27. The fourth-order valence-electron chi connectivity index (χ4n) is 1.59. The lowest BCUT2D eigenvalue weighted by molar-refractivity contribution is -0.303. The number of ether oxygens (including phenoxy) is 1. The van der Waals surface area contributed by atoms with Crippen LogP contribution in [0.4, 0.5) is 0 Å². The number of hydrogen-bond donors (Lipinski definition) is 1. The predicted molar refractivity (Wildman–Crippen MR) is 70.2 cm³/mol. The van der Waals surface area contributed by atoms with Crippen molar-refractivity contribution in [3.8, 4) is 0 Å². The Bertz CT molecular complexity index is 560. The second kappa shape index (κ2) is 7.08. The molecule has 0 aromatic heterocycles. The molecule has 6 heteroatoms. The standard InChI is InChI=1S/C14H15NO5/c1-3-20-14(19)10(12(16)13(17)18)11(15-2)9-7-5-4-6-8-9/h4-8,16H,3H2,1-2H3,(H,17,18)/p-1/b12-10-,15-11?. The van der Waals surface area contributed by atoms with Gasteiger partial charge in [0.1, 0.15) is 0 Å². The zero-order valence-electron chi connectivity index (χ0n) is 11.1. The third kappa shape index (κ3) is 3.44. The summed E-state index contributed by atoms with van der Waals surface area (Å²) in [5, 5.41) is 20.5. The number of aliphatic carboxylic acids is 1. The summed E-state index contributed by atoms with van der Waals surface area (Å²) in [6, 6.07) is 8.37. The molecule has 0 aliphatic carbocycles. The van der Waals surface area contributed by atoms with Crippen LogP contribution in [-0.4, -0.2) is 36.4 Å². The molecule has 0 heterocycles. The smallest absolute Gasteiger partial charge is 0.339 e. The zero-order valence-corrected chi connectivity index (χ0v) is 11.1. The van der Waals surface area contributed by atoms with E-state index >= 15 is 0 Å². The van der Waals surface area contributed by atoms with Gasteiger partial charge in [0.25, 0.3) is 0 Å². The number of nitrogens with zero attached hydrogens (tertiary/aromatic N) is 1. The van der Waals surface area contributed by atoms with Crippen LogP contribution in [0.1, 0.15) is 12.5 Å². The molecule has 20 heavy (non-hydrogen) atoms. The van der Waals surface area contributed by atoms with Crippen molar-refractivity contribution in [1.29, 1.82) is 0 Å². The van der Waals surface area contributed by atoms with Crippen LogP contribution in [0.15, 0.2) is 46.7 Å². The Balaban J connectivity index is 3.41. The summed E-state index contributed by atoms with van der Waals surface area (Å²) < 4.78 is 4.74. The number of carboxylic acids is 1. The van der Waals surface area contributed by atoms with Gasteiger partial charge in [-0.2, -0.15) is 0 Å². The molecule has 0 fully saturated rings. The van der Waals surface area contributed by atoms with Crippen molar-refractivity contribution in [2.45, 2.75) is 6.92 Å². The summed E-state index contributed by atoms with van der Waals surface area (Å²) in [6.45, 7) is 1.59. The maximum atomic E-state index is 11.8. The van der Waals surface area contributed by atoms with Gasteiger partial charge in [0, 0.05) is 12.6 Å². The number of benzene rings is 1. The van der Waals surface area contributed by atoms with Crippen LogP contribution in [-0.2, 0) is 14.3 Å². The minimum absolute atomic E-state index is 0.00329. The molecule has 1 rings (SSSR count). The van der Waals surface area contributed by atoms with Crippen LogP contribution in [0.2, 0.25) is 0 Å². The Kier molecular flexibility index (Phi) is 5.46. The van der Waals surface area contributed by atoms with E-state index in [2.05, 4.69) is 4.99 Å². The van der Waals surface area contributed by atoms with Crippen LogP contribution in [0, 0.1) is 0 Å². The Hall–Kier alpha value is -2.63.